The standard InChI is InChI=1S/C14H16ClN3O4S/c1-23-14(17-11(6-7-19)12(20)21)18-13(22)16-8-9-2-4-10(15)5-3-9/h2-5,7,11H,6,8H2,1H3,(H,20,21)(H2,16,17,18,22). The Hall–Kier alpha value is -2.06. The zero-order chi connectivity index (χ0) is 17.2. The predicted molar refractivity (Wildman–Crippen MR) is 89.9 cm³/mol. The number of rotatable bonds is 6. The molecule has 0 aliphatic carbocycles. The highest BCUT2D eigenvalue weighted by Crippen LogP contribution is 2.09. The van der Waals surface area contributed by atoms with E-state index in [2.05, 4.69) is 15.6 Å². The van der Waals surface area contributed by atoms with Crippen molar-refractivity contribution in [1.29, 1.82) is 0 Å². The number of amidine groups is 1. The third-order valence-electron chi connectivity index (χ3n) is 2.66. The molecule has 3 N–H and O–H groups in total. The van der Waals surface area contributed by atoms with Gasteiger partial charge in [0.2, 0.25) is 0 Å². The molecule has 1 atom stereocenters. The molecule has 0 fully saturated rings. The predicted octanol–water partition coefficient (Wildman–Crippen LogP) is 1.90. The van der Waals surface area contributed by atoms with Gasteiger partial charge < -0.3 is 15.2 Å². The molecule has 0 spiro atoms. The topological polar surface area (TPSA) is 108 Å². The van der Waals surface area contributed by atoms with E-state index in [9.17, 15) is 14.4 Å². The minimum Gasteiger partial charge on any atom is -0.480 e. The number of thioether (sulfide) groups is 1. The van der Waals surface area contributed by atoms with Crippen molar-refractivity contribution in [1.82, 2.24) is 10.6 Å². The van der Waals surface area contributed by atoms with Crippen molar-refractivity contribution in [3.05, 3.63) is 34.9 Å². The lowest BCUT2D eigenvalue weighted by Gasteiger charge is -2.10. The Morgan fingerprint density at radius 3 is 2.57 bits per heavy atom. The number of urea groups is 1. The number of amides is 2. The summed E-state index contributed by atoms with van der Waals surface area (Å²) in [5.41, 5.74) is 0.858. The van der Waals surface area contributed by atoms with Crippen LogP contribution in [0.15, 0.2) is 29.3 Å². The van der Waals surface area contributed by atoms with E-state index in [4.69, 9.17) is 16.7 Å². The van der Waals surface area contributed by atoms with Gasteiger partial charge in [0.1, 0.15) is 6.29 Å². The molecule has 7 nitrogen and oxygen atoms in total. The zero-order valence-electron chi connectivity index (χ0n) is 12.3. The van der Waals surface area contributed by atoms with Crippen molar-refractivity contribution in [2.45, 2.75) is 19.0 Å². The number of hydrogen-bond donors (Lipinski definition) is 3. The number of carbonyl (C=O) groups excluding carboxylic acids is 2. The fraction of sp³-hybridized carbons (Fsp3) is 0.286. The van der Waals surface area contributed by atoms with Gasteiger partial charge in [-0.1, -0.05) is 35.5 Å². The van der Waals surface area contributed by atoms with Gasteiger partial charge in [-0.05, 0) is 24.0 Å². The number of carboxylic acids is 1. The van der Waals surface area contributed by atoms with Crippen molar-refractivity contribution in [3.63, 3.8) is 0 Å². The maximum Gasteiger partial charge on any atom is 0.328 e. The summed E-state index contributed by atoms with van der Waals surface area (Å²) in [4.78, 5) is 37.0. The molecule has 124 valence electrons. The Bertz CT molecular complexity index is 592. The van der Waals surface area contributed by atoms with Crippen LogP contribution in [0.4, 0.5) is 4.79 Å². The van der Waals surface area contributed by atoms with Crippen LogP contribution in [0.1, 0.15) is 12.0 Å². The quantitative estimate of drug-likeness (QED) is 0.409. The summed E-state index contributed by atoms with van der Waals surface area (Å²) in [6, 6.07) is 5.23. The normalized spacial score (nSPS) is 12.3. The van der Waals surface area contributed by atoms with E-state index < -0.39 is 18.0 Å². The number of hydrogen-bond acceptors (Lipinski definition) is 5. The number of halogens is 1. The first-order valence-electron chi connectivity index (χ1n) is 6.53. The summed E-state index contributed by atoms with van der Waals surface area (Å²) in [5.74, 6) is -1.23. The van der Waals surface area contributed by atoms with Gasteiger partial charge in [0.25, 0.3) is 0 Å². The molecular formula is C14H16ClN3O4S. The molecule has 1 aromatic rings. The van der Waals surface area contributed by atoms with E-state index in [-0.39, 0.29) is 18.1 Å². The van der Waals surface area contributed by atoms with E-state index in [1.54, 1.807) is 30.5 Å². The highest BCUT2D eigenvalue weighted by molar-refractivity contribution is 8.13. The molecule has 1 rings (SSSR count). The second-order valence-electron chi connectivity index (χ2n) is 4.33. The minimum atomic E-state index is -1.23. The third-order valence-corrected chi connectivity index (χ3v) is 3.50. The first-order valence-corrected chi connectivity index (χ1v) is 8.14. The Kier molecular flexibility index (Phi) is 8.14. The third kappa shape index (κ3) is 7.16. The molecule has 0 aliphatic rings. The fourth-order valence-electron chi connectivity index (χ4n) is 1.50. The summed E-state index contributed by atoms with van der Waals surface area (Å²) in [6.45, 7) is 0.279. The molecule has 0 bridgehead atoms. The van der Waals surface area contributed by atoms with Crippen LogP contribution >= 0.6 is 23.4 Å². The van der Waals surface area contributed by atoms with Gasteiger partial charge in [-0.3, -0.25) is 5.32 Å². The van der Waals surface area contributed by atoms with Crippen LogP contribution in [0.5, 0.6) is 0 Å². The van der Waals surface area contributed by atoms with Gasteiger partial charge in [-0.2, -0.15) is 0 Å². The van der Waals surface area contributed by atoms with Crippen LogP contribution in [0, 0.1) is 0 Å². The number of carbonyl (C=O) groups is 3. The van der Waals surface area contributed by atoms with E-state index in [0.29, 0.717) is 11.3 Å². The monoisotopic (exact) mass is 357 g/mol. The average Bonchev–Trinajstić information content (AvgIpc) is 2.52. The first kappa shape index (κ1) is 19.0. The van der Waals surface area contributed by atoms with Gasteiger partial charge in [0, 0.05) is 18.0 Å². The van der Waals surface area contributed by atoms with Gasteiger partial charge in [0.15, 0.2) is 11.2 Å². The van der Waals surface area contributed by atoms with E-state index in [1.165, 1.54) is 0 Å². The van der Waals surface area contributed by atoms with Crippen molar-refractivity contribution in [2.24, 2.45) is 4.99 Å². The van der Waals surface area contributed by atoms with Crippen LogP contribution in [-0.4, -0.2) is 40.9 Å². The van der Waals surface area contributed by atoms with Crippen LogP contribution < -0.4 is 10.6 Å². The smallest absolute Gasteiger partial charge is 0.328 e. The summed E-state index contributed by atoms with van der Waals surface area (Å²) < 4.78 is 0. The number of aliphatic imine (C=N–C) groups is 1. The number of carboxylic acid groups (broad SMARTS) is 1. The molecule has 0 aromatic heterocycles. The van der Waals surface area contributed by atoms with Crippen LogP contribution in [0.2, 0.25) is 5.02 Å². The molecule has 0 saturated heterocycles. The molecule has 23 heavy (non-hydrogen) atoms. The Balaban J connectivity index is 2.59. The highest BCUT2D eigenvalue weighted by atomic mass is 35.5. The van der Waals surface area contributed by atoms with E-state index >= 15 is 0 Å². The van der Waals surface area contributed by atoms with E-state index in [1.807, 2.05) is 0 Å². The molecule has 0 aliphatic heterocycles. The summed E-state index contributed by atoms with van der Waals surface area (Å²) in [5, 5.41) is 14.7. The molecule has 0 radical (unpaired) electrons. The number of nitrogens with zero attached hydrogens (tertiary/aromatic N) is 1. The molecule has 0 saturated carbocycles. The maximum atomic E-state index is 11.8. The summed E-state index contributed by atoms with van der Waals surface area (Å²) in [7, 11) is 0. The molecule has 1 unspecified atom stereocenters. The number of aldehydes is 1. The second-order valence-corrected chi connectivity index (χ2v) is 5.56. The van der Waals surface area contributed by atoms with Crippen molar-refractivity contribution in [3.8, 4) is 0 Å². The van der Waals surface area contributed by atoms with Crippen LogP contribution in [0.3, 0.4) is 0 Å². The van der Waals surface area contributed by atoms with Crippen molar-refractivity contribution >= 4 is 46.8 Å². The van der Waals surface area contributed by atoms with Gasteiger partial charge in [0.05, 0.1) is 0 Å². The lowest BCUT2D eigenvalue weighted by atomic mass is 10.2. The van der Waals surface area contributed by atoms with Crippen LogP contribution in [-0.2, 0) is 16.1 Å². The second kappa shape index (κ2) is 9.86. The number of nitrogens with one attached hydrogen (secondary N) is 2. The highest BCUT2D eigenvalue weighted by Gasteiger charge is 2.17. The lowest BCUT2D eigenvalue weighted by Crippen LogP contribution is -2.38. The maximum absolute atomic E-state index is 11.8. The van der Waals surface area contributed by atoms with Crippen LogP contribution in [0.25, 0.3) is 0 Å². The van der Waals surface area contributed by atoms with E-state index in [0.717, 1.165) is 17.3 Å². The van der Waals surface area contributed by atoms with Gasteiger partial charge in [-0.15, -0.1) is 0 Å². The van der Waals surface area contributed by atoms with Gasteiger partial charge >= 0.3 is 12.0 Å². The van der Waals surface area contributed by atoms with Crippen molar-refractivity contribution < 1.29 is 19.5 Å². The average molecular weight is 358 g/mol. The Labute approximate surface area is 142 Å². The summed E-state index contributed by atoms with van der Waals surface area (Å²) >= 11 is 6.85. The fourth-order valence-corrected chi connectivity index (χ4v) is 2.06. The first-order chi connectivity index (χ1) is 11.0. The zero-order valence-corrected chi connectivity index (χ0v) is 13.9. The Morgan fingerprint density at radius 1 is 1.39 bits per heavy atom. The number of aliphatic carboxylic acids is 1. The molecular weight excluding hydrogens is 342 g/mol. The van der Waals surface area contributed by atoms with Crippen molar-refractivity contribution in [2.75, 3.05) is 6.26 Å². The molecule has 2 amide bonds. The molecule has 0 heterocycles. The van der Waals surface area contributed by atoms with Gasteiger partial charge in [-0.25, -0.2) is 14.6 Å². The lowest BCUT2D eigenvalue weighted by molar-refractivity contribution is -0.139. The summed E-state index contributed by atoms with van der Waals surface area (Å²) in [6.07, 6.45) is 1.85. The molecule has 9 heteroatoms. The Morgan fingerprint density at radius 2 is 2.04 bits per heavy atom. The minimum absolute atomic E-state index is 0.118. The molecule has 1 aromatic carbocycles. The number of benzene rings is 1. The SMILES string of the molecule is CSC(=NC(CC=O)C(=O)O)NC(=O)NCc1ccc(Cl)cc1. The largest absolute Gasteiger partial charge is 0.480 e.